The van der Waals surface area contributed by atoms with Crippen LogP contribution in [0.4, 0.5) is 0 Å². The summed E-state index contributed by atoms with van der Waals surface area (Å²) in [7, 11) is -1.08. The molecule has 2 atom stereocenters. The van der Waals surface area contributed by atoms with Crippen LogP contribution < -0.4 is 0 Å². The van der Waals surface area contributed by atoms with Crippen molar-refractivity contribution in [3.8, 4) is 0 Å². The summed E-state index contributed by atoms with van der Waals surface area (Å²) in [5.41, 5.74) is 1.92. The minimum absolute atomic E-state index is 0.0196. The zero-order valence-corrected chi connectivity index (χ0v) is 13.1. The van der Waals surface area contributed by atoms with E-state index in [2.05, 4.69) is 6.92 Å². The fourth-order valence-electron chi connectivity index (χ4n) is 1.79. The maximum Gasteiger partial charge on any atom is 0.175 e. The molecule has 1 rings (SSSR count). The van der Waals surface area contributed by atoms with Crippen LogP contribution in [-0.4, -0.2) is 21.0 Å². The van der Waals surface area contributed by atoms with Gasteiger partial charge in [0, 0.05) is 21.6 Å². The average molecular weight is 280 g/mol. The van der Waals surface area contributed by atoms with Gasteiger partial charge in [0.25, 0.3) is 0 Å². The lowest BCUT2D eigenvalue weighted by molar-refractivity contribution is 0.102. The summed E-state index contributed by atoms with van der Waals surface area (Å²) < 4.78 is 12.0. The molecule has 0 radical (unpaired) electrons. The molecule has 0 aliphatic rings. The zero-order valence-electron chi connectivity index (χ0n) is 12.3. The number of carbonyl (C=O) groups is 1. The first kappa shape index (κ1) is 16.1. The molecule has 0 bridgehead atoms. The molecule has 0 fully saturated rings. The maximum absolute atomic E-state index is 12.1. The molecule has 0 aromatic heterocycles. The molecule has 0 spiro atoms. The van der Waals surface area contributed by atoms with Gasteiger partial charge in [-0.05, 0) is 17.9 Å². The number of Topliss-reactive ketones (excluding diaryl/α,β-unsaturated/α-hetero) is 1. The molecule has 0 N–H and O–H groups in total. The van der Waals surface area contributed by atoms with E-state index in [9.17, 15) is 9.00 Å². The summed E-state index contributed by atoms with van der Waals surface area (Å²) in [6.45, 7) is 8.15. The number of carbonyl (C=O) groups excluding carboxylic acids is 1. The van der Waals surface area contributed by atoms with E-state index in [1.54, 1.807) is 0 Å². The van der Waals surface area contributed by atoms with E-state index < -0.39 is 10.8 Å². The number of ketones is 1. The Balaban J connectivity index is 2.65. The topological polar surface area (TPSA) is 34.1 Å². The van der Waals surface area contributed by atoms with Gasteiger partial charge in [0.2, 0.25) is 0 Å². The predicted octanol–water partition coefficient (Wildman–Crippen LogP) is 3.62. The molecular formula is C16H24O2S. The van der Waals surface area contributed by atoms with Gasteiger partial charge >= 0.3 is 0 Å². The van der Waals surface area contributed by atoms with Gasteiger partial charge in [0.05, 0.1) is 5.75 Å². The minimum atomic E-state index is -1.08. The Hall–Kier alpha value is -0.960. The highest BCUT2D eigenvalue weighted by molar-refractivity contribution is 7.86. The Kier molecular flexibility index (Phi) is 6.43. The van der Waals surface area contributed by atoms with Crippen molar-refractivity contribution in [1.29, 1.82) is 0 Å². The van der Waals surface area contributed by atoms with Crippen LogP contribution in [0.1, 0.15) is 50.0 Å². The fraction of sp³-hybridized carbons (Fsp3) is 0.562. The van der Waals surface area contributed by atoms with E-state index in [1.165, 1.54) is 5.56 Å². The third-order valence-corrected chi connectivity index (χ3v) is 5.36. The normalized spacial score (nSPS) is 14.4. The van der Waals surface area contributed by atoms with Crippen LogP contribution in [0.5, 0.6) is 0 Å². The van der Waals surface area contributed by atoms with Crippen molar-refractivity contribution in [1.82, 2.24) is 0 Å². The molecule has 0 heterocycles. The second-order valence-electron chi connectivity index (χ2n) is 5.34. The first-order valence-corrected chi connectivity index (χ1v) is 8.33. The molecule has 0 saturated carbocycles. The van der Waals surface area contributed by atoms with Gasteiger partial charge in [-0.3, -0.25) is 9.00 Å². The molecule has 1 aromatic carbocycles. The van der Waals surface area contributed by atoms with Crippen LogP contribution in [0.3, 0.4) is 0 Å². The van der Waals surface area contributed by atoms with Gasteiger partial charge in [-0.15, -0.1) is 0 Å². The first-order valence-electron chi connectivity index (χ1n) is 6.95. The Morgan fingerprint density at radius 3 is 2.21 bits per heavy atom. The summed E-state index contributed by atoms with van der Waals surface area (Å²) in [5.74, 6) is 0.446. The Labute approximate surface area is 119 Å². The summed E-state index contributed by atoms with van der Waals surface area (Å²) in [6, 6.07) is 7.69. The number of benzene rings is 1. The van der Waals surface area contributed by atoms with E-state index in [-0.39, 0.29) is 16.8 Å². The Morgan fingerprint density at radius 1 is 1.16 bits per heavy atom. The predicted molar refractivity (Wildman–Crippen MR) is 82.1 cm³/mol. The summed E-state index contributed by atoms with van der Waals surface area (Å²) >= 11 is 0. The monoisotopic (exact) mass is 280 g/mol. The molecule has 0 aliphatic carbocycles. The van der Waals surface area contributed by atoms with Crippen molar-refractivity contribution in [3.63, 3.8) is 0 Å². The molecule has 0 aliphatic heterocycles. The SMILES string of the molecule is CCCc1ccc(C(=O)CS(=O)C(C)C(C)C)cc1. The van der Waals surface area contributed by atoms with Gasteiger partial charge in [0.15, 0.2) is 5.78 Å². The highest BCUT2D eigenvalue weighted by Gasteiger charge is 2.18. The van der Waals surface area contributed by atoms with E-state index in [4.69, 9.17) is 0 Å². The Morgan fingerprint density at radius 2 is 1.74 bits per heavy atom. The molecule has 3 heteroatoms. The van der Waals surface area contributed by atoms with E-state index in [0.717, 1.165) is 12.8 Å². The van der Waals surface area contributed by atoms with Crippen LogP contribution in [0.2, 0.25) is 0 Å². The van der Waals surface area contributed by atoms with Crippen molar-refractivity contribution in [2.24, 2.45) is 5.92 Å². The van der Waals surface area contributed by atoms with Crippen molar-refractivity contribution in [3.05, 3.63) is 35.4 Å². The molecule has 0 saturated heterocycles. The second kappa shape index (κ2) is 7.59. The van der Waals surface area contributed by atoms with E-state index in [1.807, 2.05) is 45.0 Å². The zero-order chi connectivity index (χ0) is 14.4. The number of hydrogen-bond acceptors (Lipinski definition) is 2. The van der Waals surface area contributed by atoms with Crippen LogP contribution in [0.25, 0.3) is 0 Å². The van der Waals surface area contributed by atoms with Crippen LogP contribution >= 0.6 is 0 Å². The molecule has 19 heavy (non-hydrogen) atoms. The van der Waals surface area contributed by atoms with Gasteiger partial charge in [-0.1, -0.05) is 58.4 Å². The molecular weight excluding hydrogens is 256 g/mol. The van der Waals surface area contributed by atoms with Gasteiger partial charge in [-0.25, -0.2) is 0 Å². The number of aryl methyl sites for hydroxylation is 1. The van der Waals surface area contributed by atoms with E-state index in [0.29, 0.717) is 11.5 Å². The summed E-state index contributed by atoms with van der Waals surface area (Å²) in [5, 5.41) is 0.0586. The smallest absolute Gasteiger partial charge is 0.175 e. The highest BCUT2D eigenvalue weighted by atomic mass is 32.2. The third kappa shape index (κ3) is 4.90. The van der Waals surface area contributed by atoms with Gasteiger partial charge in [-0.2, -0.15) is 0 Å². The minimum Gasteiger partial charge on any atom is -0.293 e. The lowest BCUT2D eigenvalue weighted by atomic mass is 10.1. The number of rotatable bonds is 7. The largest absolute Gasteiger partial charge is 0.293 e. The molecule has 106 valence electrons. The first-order chi connectivity index (χ1) is 8.95. The van der Waals surface area contributed by atoms with Crippen molar-refractivity contribution >= 4 is 16.6 Å². The number of hydrogen-bond donors (Lipinski definition) is 0. The molecule has 1 aromatic rings. The maximum atomic E-state index is 12.1. The van der Waals surface area contributed by atoms with Crippen LogP contribution in [-0.2, 0) is 17.2 Å². The van der Waals surface area contributed by atoms with Crippen molar-refractivity contribution in [2.45, 2.75) is 45.8 Å². The van der Waals surface area contributed by atoms with Gasteiger partial charge < -0.3 is 0 Å². The van der Waals surface area contributed by atoms with Crippen LogP contribution in [0.15, 0.2) is 24.3 Å². The third-order valence-electron chi connectivity index (χ3n) is 3.44. The summed E-state index contributed by atoms with van der Waals surface area (Å²) in [6.07, 6.45) is 2.13. The van der Waals surface area contributed by atoms with Crippen molar-refractivity contribution in [2.75, 3.05) is 5.75 Å². The van der Waals surface area contributed by atoms with Crippen LogP contribution in [0, 0.1) is 5.92 Å². The van der Waals surface area contributed by atoms with Crippen molar-refractivity contribution < 1.29 is 9.00 Å². The average Bonchev–Trinajstić information content (AvgIpc) is 2.38. The fourth-order valence-corrected chi connectivity index (χ4v) is 3.09. The quantitative estimate of drug-likeness (QED) is 0.715. The van der Waals surface area contributed by atoms with Gasteiger partial charge in [0.1, 0.15) is 0 Å². The van der Waals surface area contributed by atoms with E-state index >= 15 is 0 Å². The molecule has 0 amide bonds. The standard InChI is InChI=1S/C16H24O2S/c1-5-6-14-7-9-15(10-8-14)16(17)11-19(18)13(4)12(2)3/h7-10,12-13H,5-6,11H2,1-4H3. The molecule has 2 unspecified atom stereocenters. The lowest BCUT2D eigenvalue weighted by Gasteiger charge is -2.14. The Bertz CT molecular complexity index is 435. The second-order valence-corrected chi connectivity index (χ2v) is 7.14. The highest BCUT2D eigenvalue weighted by Crippen LogP contribution is 2.12. The lowest BCUT2D eigenvalue weighted by Crippen LogP contribution is -2.24. The molecule has 2 nitrogen and oxygen atoms in total. The summed E-state index contributed by atoms with van der Waals surface area (Å²) in [4.78, 5) is 12.1.